The van der Waals surface area contributed by atoms with Crippen LogP contribution in [0, 0.1) is 20.8 Å². The van der Waals surface area contributed by atoms with Crippen LogP contribution in [0.3, 0.4) is 0 Å². The second-order valence-electron chi connectivity index (χ2n) is 4.67. The molecule has 0 aliphatic heterocycles. The minimum atomic E-state index is -0.0756. The van der Waals surface area contributed by atoms with Crippen molar-refractivity contribution in [1.82, 2.24) is 9.55 Å². The molecule has 1 amide bonds. The molecule has 0 aliphatic rings. The Balaban J connectivity index is 2.07. The second kappa shape index (κ2) is 5.14. The topological polar surface area (TPSA) is 72.9 Å². The third kappa shape index (κ3) is 2.93. The van der Waals surface area contributed by atoms with Crippen LogP contribution in [0.5, 0.6) is 0 Å². The molecule has 0 saturated carbocycles. The van der Waals surface area contributed by atoms with Crippen LogP contribution in [0.2, 0.25) is 0 Å². The van der Waals surface area contributed by atoms with Gasteiger partial charge in [-0.15, -0.1) is 0 Å². The second-order valence-corrected chi connectivity index (χ2v) is 4.67. The number of hydrogen-bond acceptors (Lipinski definition) is 3. The van der Waals surface area contributed by atoms with E-state index in [9.17, 15) is 4.79 Å². The number of imidazole rings is 1. The third-order valence-electron chi connectivity index (χ3n) is 3.18. The largest absolute Gasteiger partial charge is 0.399 e. The number of carbonyl (C=O) groups is 1. The van der Waals surface area contributed by atoms with E-state index in [0.29, 0.717) is 5.69 Å². The number of rotatable bonds is 3. The standard InChI is InChI=1S/C14H18N4O/c1-9-6-12(15)4-5-13(9)17-14(19)7-18-8-16-10(2)11(18)3/h4-6,8H,7,15H2,1-3H3,(H,17,19). The van der Waals surface area contributed by atoms with Crippen molar-refractivity contribution >= 4 is 17.3 Å². The van der Waals surface area contributed by atoms with E-state index >= 15 is 0 Å². The first kappa shape index (κ1) is 13.1. The van der Waals surface area contributed by atoms with Crippen LogP contribution in [-0.2, 0) is 11.3 Å². The fourth-order valence-electron chi connectivity index (χ4n) is 1.88. The van der Waals surface area contributed by atoms with Gasteiger partial charge in [-0.05, 0) is 44.5 Å². The van der Waals surface area contributed by atoms with Gasteiger partial charge in [0.2, 0.25) is 5.91 Å². The first-order chi connectivity index (χ1) is 8.97. The maximum absolute atomic E-state index is 12.0. The number of nitrogen functional groups attached to an aromatic ring is 1. The molecule has 19 heavy (non-hydrogen) atoms. The molecule has 0 spiro atoms. The van der Waals surface area contributed by atoms with Gasteiger partial charge in [-0.2, -0.15) is 0 Å². The van der Waals surface area contributed by atoms with Crippen LogP contribution in [-0.4, -0.2) is 15.5 Å². The maximum atomic E-state index is 12.0. The Kier molecular flexibility index (Phi) is 3.55. The van der Waals surface area contributed by atoms with E-state index in [2.05, 4.69) is 10.3 Å². The van der Waals surface area contributed by atoms with Crippen molar-refractivity contribution in [1.29, 1.82) is 0 Å². The van der Waals surface area contributed by atoms with Crippen LogP contribution in [0.15, 0.2) is 24.5 Å². The number of aryl methyl sites for hydroxylation is 2. The molecule has 0 fully saturated rings. The van der Waals surface area contributed by atoms with Crippen LogP contribution in [0.4, 0.5) is 11.4 Å². The highest BCUT2D eigenvalue weighted by atomic mass is 16.1. The molecule has 0 radical (unpaired) electrons. The van der Waals surface area contributed by atoms with Crippen molar-refractivity contribution in [3.05, 3.63) is 41.5 Å². The Morgan fingerprint density at radius 3 is 2.68 bits per heavy atom. The van der Waals surface area contributed by atoms with Gasteiger partial charge in [0.05, 0.1) is 12.0 Å². The van der Waals surface area contributed by atoms with Crippen molar-refractivity contribution in [3.8, 4) is 0 Å². The minimum Gasteiger partial charge on any atom is -0.399 e. The van der Waals surface area contributed by atoms with Gasteiger partial charge in [-0.25, -0.2) is 4.98 Å². The molecule has 1 aromatic carbocycles. The number of aromatic nitrogens is 2. The monoisotopic (exact) mass is 258 g/mol. The number of carbonyl (C=O) groups excluding carboxylic acids is 1. The zero-order valence-corrected chi connectivity index (χ0v) is 11.4. The predicted octanol–water partition coefficient (Wildman–Crippen LogP) is 2.03. The molecule has 0 atom stereocenters. The van der Waals surface area contributed by atoms with Crippen molar-refractivity contribution in [2.75, 3.05) is 11.1 Å². The van der Waals surface area contributed by atoms with Gasteiger partial charge < -0.3 is 15.6 Å². The highest BCUT2D eigenvalue weighted by Crippen LogP contribution is 2.17. The lowest BCUT2D eigenvalue weighted by Crippen LogP contribution is -2.19. The molecule has 5 heteroatoms. The fourth-order valence-corrected chi connectivity index (χ4v) is 1.88. The van der Waals surface area contributed by atoms with E-state index < -0.39 is 0 Å². The zero-order chi connectivity index (χ0) is 14.0. The van der Waals surface area contributed by atoms with E-state index in [-0.39, 0.29) is 12.5 Å². The lowest BCUT2D eigenvalue weighted by Gasteiger charge is -2.10. The Bertz CT molecular complexity index is 616. The fraction of sp³-hybridized carbons (Fsp3) is 0.286. The summed E-state index contributed by atoms with van der Waals surface area (Å²) in [5.74, 6) is -0.0756. The van der Waals surface area contributed by atoms with Crippen molar-refractivity contribution in [2.45, 2.75) is 27.3 Å². The van der Waals surface area contributed by atoms with Gasteiger partial charge in [0, 0.05) is 17.1 Å². The molecule has 3 N–H and O–H groups in total. The van der Waals surface area contributed by atoms with E-state index in [0.717, 1.165) is 22.6 Å². The molecule has 1 aromatic heterocycles. The summed E-state index contributed by atoms with van der Waals surface area (Å²) < 4.78 is 1.83. The number of nitrogens with two attached hydrogens (primary N) is 1. The quantitative estimate of drug-likeness (QED) is 0.827. The predicted molar refractivity (Wildman–Crippen MR) is 75.9 cm³/mol. The summed E-state index contributed by atoms with van der Waals surface area (Å²) in [5.41, 5.74) is 10.1. The molecule has 2 aromatic rings. The summed E-state index contributed by atoms with van der Waals surface area (Å²) in [6.07, 6.45) is 1.68. The van der Waals surface area contributed by atoms with Crippen LogP contribution >= 0.6 is 0 Å². The van der Waals surface area contributed by atoms with E-state index in [1.54, 1.807) is 12.4 Å². The summed E-state index contributed by atoms with van der Waals surface area (Å²) in [7, 11) is 0. The Morgan fingerprint density at radius 1 is 1.37 bits per heavy atom. The smallest absolute Gasteiger partial charge is 0.244 e. The maximum Gasteiger partial charge on any atom is 0.244 e. The summed E-state index contributed by atoms with van der Waals surface area (Å²) >= 11 is 0. The third-order valence-corrected chi connectivity index (χ3v) is 3.18. The average molecular weight is 258 g/mol. The van der Waals surface area contributed by atoms with Crippen LogP contribution in [0.25, 0.3) is 0 Å². The highest BCUT2D eigenvalue weighted by Gasteiger charge is 2.08. The number of nitrogens with zero attached hydrogens (tertiary/aromatic N) is 2. The Hall–Kier alpha value is -2.30. The number of anilines is 2. The number of amides is 1. The first-order valence-corrected chi connectivity index (χ1v) is 6.11. The molecule has 1 heterocycles. The molecule has 2 rings (SSSR count). The summed E-state index contributed by atoms with van der Waals surface area (Å²) in [5, 5.41) is 2.88. The van der Waals surface area contributed by atoms with Gasteiger partial charge in [0.1, 0.15) is 6.54 Å². The van der Waals surface area contributed by atoms with Crippen molar-refractivity contribution in [3.63, 3.8) is 0 Å². The Morgan fingerprint density at radius 2 is 2.11 bits per heavy atom. The van der Waals surface area contributed by atoms with Gasteiger partial charge >= 0.3 is 0 Å². The highest BCUT2D eigenvalue weighted by molar-refractivity contribution is 5.91. The molecule has 0 aliphatic carbocycles. The average Bonchev–Trinajstić information content (AvgIpc) is 2.65. The lowest BCUT2D eigenvalue weighted by atomic mass is 10.2. The van der Waals surface area contributed by atoms with E-state index in [1.807, 2.05) is 37.5 Å². The Labute approximate surface area is 112 Å². The molecule has 0 saturated heterocycles. The molecular weight excluding hydrogens is 240 g/mol. The minimum absolute atomic E-state index is 0.0756. The summed E-state index contributed by atoms with van der Waals surface area (Å²) in [4.78, 5) is 16.2. The van der Waals surface area contributed by atoms with Crippen molar-refractivity contribution < 1.29 is 4.79 Å². The van der Waals surface area contributed by atoms with E-state index in [4.69, 9.17) is 5.73 Å². The first-order valence-electron chi connectivity index (χ1n) is 6.11. The lowest BCUT2D eigenvalue weighted by molar-refractivity contribution is -0.116. The van der Waals surface area contributed by atoms with Crippen molar-refractivity contribution in [2.24, 2.45) is 0 Å². The van der Waals surface area contributed by atoms with Gasteiger partial charge in [-0.1, -0.05) is 0 Å². The number of hydrogen-bond donors (Lipinski definition) is 2. The van der Waals surface area contributed by atoms with Crippen LogP contribution in [0.1, 0.15) is 17.0 Å². The molecule has 0 unspecified atom stereocenters. The van der Waals surface area contributed by atoms with E-state index in [1.165, 1.54) is 0 Å². The molecule has 5 nitrogen and oxygen atoms in total. The molecular formula is C14H18N4O. The molecule has 0 bridgehead atoms. The van der Waals surface area contributed by atoms with Gasteiger partial charge in [0.25, 0.3) is 0 Å². The SMILES string of the molecule is Cc1cc(N)ccc1NC(=O)Cn1cnc(C)c1C. The summed E-state index contributed by atoms with van der Waals surface area (Å²) in [6, 6.07) is 5.42. The normalized spacial score (nSPS) is 10.5. The summed E-state index contributed by atoms with van der Waals surface area (Å²) in [6.45, 7) is 6.05. The zero-order valence-electron chi connectivity index (χ0n) is 11.4. The number of benzene rings is 1. The van der Waals surface area contributed by atoms with Gasteiger partial charge in [0.15, 0.2) is 0 Å². The molecule has 100 valence electrons. The van der Waals surface area contributed by atoms with Crippen LogP contribution < -0.4 is 11.1 Å². The number of nitrogens with one attached hydrogen (secondary N) is 1. The van der Waals surface area contributed by atoms with Gasteiger partial charge in [-0.3, -0.25) is 4.79 Å².